The highest BCUT2D eigenvalue weighted by Crippen LogP contribution is 2.11. The van der Waals surface area contributed by atoms with E-state index in [9.17, 15) is 4.79 Å². The summed E-state index contributed by atoms with van der Waals surface area (Å²) in [4.78, 5) is 14.0. The van der Waals surface area contributed by atoms with Gasteiger partial charge in [-0.15, -0.1) is 12.4 Å². The van der Waals surface area contributed by atoms with E-state index in [1.165, 1.54) is 12.8 Å². The lowest BCUT2D eigenvalue weighted by Crippen LogP contribution is -2.39. The fraction of sp³-hybridized carbons (Fsp3) is 0.533. The number of piperidine rings is 1. The standard InChI is InChI=1S/C15H23N3O.ClH/c1-18(11-13-6-5-9-16-10-13)12-15(19)17-14-7-3-2-4-8-14;/h2-4,7-8,13,16H,5-6,9-12H2,1H3,(H,17,19);1H. The topological polar surface area (TPSA) is 44.4 Å². The number of rotatable bonds is 5. The van der Waals surface area contributed by atoms with E-state index >= 15 is 0 Å². The average molecular weight is 298 g/mol. The summed E-state index contributed by atoms with van der Waals surface area (Å²) in [6, 6.07) is 9.60. The Labute approximate surface area is 127 Å². The molecule has 0 aromatic heterocycles. The van der Waals surface area contributed by atoms with Crippen molar-refractivity contribution in [3.05, 3.63) is 30.3 Å². The zero-order valence-electron chi connectivity index (χ0n) is 12.0. The molecule has 1 unspecified atom stereocenters. The molecule has 1 amide bonds. The van der Waals surface area contributed by atoms with E-state index in [0.717, 1.165) is 25.3 Å². The van der Waals surface area contributed by atoms with Crippen molar-refractivity contribution in [2.75, 3.05) is 38.5 Å². The summed E-state index contributed by atoms with van der Waals surface area (Å²) in [7, 11) is 2.01. The number of likely N-dealkylation sites (N-methyl/N-ethyl adjacent to an activating group) is 1. The van der Waals surface area contributed by atoms with Gasteiger partial charge in [-0.2, -0.15) is 0 Å². The van der Waals surface area contributed by atoms with Crippen LogP contribution in [-0.2, 0) is 4.79 Å². The molecule has 1 aromatic carbocycles. The zero-order chi connectivity index (χ0) is 13.5. The number of anilines is 1. The molecule has 2 N–H and O–H groups in total. The van der Waals surface area contributed by atoms with Crippen LogP contribution in [-0.4, -0.2) is 44.0 Å². The summed E-state index contributed by atoms with van der Waals surface area (Å²) in [5.74, 6) is 0.723. The van der Waals surface area contributed by atoms with Crippen molar-refractivity contribution in [2.45, 2.75) is 12.8 Å². The Morgan fingerprint density at radius 3 is 2.80 bits per heavy atom. The van der Waals surface area contributed by atoms with Crippen LogP contribution in [0.15, 0.2) is 30.3 Å². The second-order valence-corrected chi connectivity index (χ2v) is 5.32. The van der Waals surface area contributed by atoms with Crippen molar-refractivity contribution in [3.63, 3.8) is 0 Å². The smallest absolute Gasteiger partial charge is 0.238 e. The second-order valence-electron chi connectivity index (χ2n) is 5.32. The molecule has 20 heavy (non-hydrogen) atoms. The monoisotopic (exact) mass is 297 g/mol. The van der Waals surface area contributed by atoms with Gasteiger partial charge < -0.3 is 10.6 Å². The average Bonchev–Trinajstić information content (AvgIpc) is 2.40. The molecule has 4 nitrogen and oxygen atoms in total. The van der Waals surface area contributed by atoms with Crippen LogP contribution in [0.4, 0.5) is 5.69 Å². The van der Waals surface area contributed by atoms with Gasteiger partial charge in [-0.1, -0.05) is 18.2 Å². The van der Waals surface area contributed by atoms with Gasteiger partial charge in [0.25, 0.3) is 0 Å². The van der Waals surface area contributed by atoms with E-state index in [-0.39, 0.29) is 18.3 Å². The highest BCUT2D eigenvalue weighted by molar-refractivity contribution is 5.92. The number of halogens is 1. The molecule has 0 radical (unpaired) electrons. The summed E-state index contributed by atoms with van der Waals surface area (Å²) in [5, 5.41) is 6.32. The summed E-state index contributed by atoms with van der Waals surface area (Å²) >= 11 is 0. The van der Waals surface area contributed by atoms with Gasteiger partial charge in [-0.25, -0.2) is 0 Å². The summed E-state index contributed by atoms with van der Waals surface area (Å²) in [6.45, 7) is 3.64. The molecule has 1 aromatic rings. The number of nitrogens with zero attached hydrogens (tertiary/aromatic N) is 1. The molecule has 0 aliphatic carbocycles. The van der Waals surface area contributed by atoms with Crippen molar-refractivity contribution in [1.82, 2.24) is 10.2 Å². The minimum absolute atomic E-state index is 0. The van der Waals surface area contributed by atoms with Gasteiger partial charge >= 0.3 is 0 Å². The van der Waals surface area contributed by atoms with Crippen molar-refractivity contribution >= 4 is 24.0 Å². The summed E-state index contributed by atoms with van der Waals surface area (Å²) < 4.78 is 0. The number of benzene rings is 1. The summed E-state index contributed by atoms with van der Waals surface area (Å²) in [5.41, 5.74) is 0.861. The van der Waals surface area contributed by atoms with E-state index in [1.54, 1.807) is 0 Å². The predicted molar refractivity (Wildman–Crippen MR) is 85.4 cm³/mol. The number of para-hydroxylation sites is 1. The van der Waals surface area contributed by atoms with E-state index in [1.807, 2.05) is 37.4 Å². The van der Waals surface area contributed by atoms with Crippen molar-refractivity contribution in [3.8, 4) is 0 Å². The Bertz CT molecular complexity index is 393. The molecule has 1 atom stereocenters. The zero-order valence-corrected chi connectivity index (χ0v) is 12.8. The number of amides is 1. The molecule has 2 rings (SSSR count). The van der Waals surface area contributed by atoms with Crippen LogP contribution in [0.2, 0.25) is 0 Å². The van der Waals surface area contributed by atoms with Crippen LogP contribution in [0.3, 0.4) is 0 Å². The molecule has 1 saturated heterocycles. The third-order valence-corrected chi connectivity index (χ3v) is 3.44. The molecule has 1 aliphatic heterocycles. The normalized spacial score (nSPS) is 18.4. The third-order valence-electron chi connectivity index (χ3n) is 3.44. The Morgan fingerprint density at radius 1 is 1.40 bits per heavy atom. The van der Waals surface area contributed by atoms with Crippen LogP contribution in [0.1, 0.15) is 12.8 Å². The molecule has 5 heteroatoms. The minimum atomic E-state index is 0. The van der Waals surface area contributed by atoms with Gasteiger partial charge in [0, 0.05) is 12.2 Å². The van der Waals surface area contributed by atoms with Gasteiger partial charge in [-0.05, 0) is 51.0 Å². The number of carbonyl (C=O) groups excluding carboxylic acids is 1. The van der Waals surface area contributed by atoms with Gasteiger partial charge in [0.05, 0.1) is 6.54 Å². The quantitative estimate of drug-likeness (QED) is 0.873. The lowest BCUT2D eigenvalue weighted by Gasteiger charge is -2.27. The summed E-state index contributed by atoms with van der Waals surface area (Å²) in [6.07, 6.45) is 2.51. The van der Waals surface area contributed by atoms with Gasteiger partial charge in [0.1, 0.15) is 0 Å². The van der Waals surface area contributed by atoms with Gasteiger partial charge in [0.15, 0.2) is 0 Å². The van der Waals surface area contributed by atoms with Crippen LogP contribution in [0, 0.1) is 5.92 Å². The van der Waals surface area contributed by atoms with Crippen LogP contribution in [0.25, 0.3) is 0 Å². The SMILES string of the molecule is CN(CC(=O)Nc1ccccc1)CC1CCCNC1.Cl. The van der Waals surface area contributed by atoms with Crippen molar-refractivity contribution < 1.29 is 4.79 Å². The fourth-order valence-corrected chi connectivity index (χ4v) is 2.55. The molecule has 1 heterocycles. The second kappa shape index (κ2) is 8.95. The highest BCUT2D eigenvalue weighted by Gasteiger charge is 2.16. The predicted octanol–water partition coefficient (Wildman–Crippen LogP) is 1.98. The Morgan fingerprint density at radius 2 is 2.15 bits per heavy atom. The minimum Gasteiger partial charge on any atom is -0.325 e. The first-order chi connectivity index (χ1) is 9.24. The largest absolute Gasteiger partial charge is 0.325 e. The van der Waals surface area contributed by atoms with Crippen LogP contribution in [0.5, 0.6) is 0 Å². The van der Waals surface area contributed by atoms with E-state index < -0.39 is 0 Å². The maximum absolute atomic E-state index is 11.9. The van der Waals surface area contributed by atoms with Gasteiger partial charge in [-0.3, -0.25) is 9.69 Å². The Balaban J connectivity index is 0.00000200. The molecular formula is C15H24ClN3O. The number of hydrogen-bond donors (Lipinski definition) is 2. The molecule has 0 saturated carbocycles. The molecule has 1 fully saturated rings. The lowest BCUT2D eigenvalue weighted by atomic mass is 9.99. The van der Waals surface area contributed by atoms with Crippen molar-refractivity contribution in [1.29, 1.82) is 0 Å². The molecular weight excluding hydrogens is 274 g/mol. The maximum Gasteiger partial charge on any atom is 0.238 e. The van der Waals surface area contributed by atoms with E-state index in [0.29, 0.717) is 12.5 Å². The molecule has 0 bridgehead atoms. The Kier molecular flexibility index (Phi) is 7.59. The third kappa shape index (κ3) is 5.90. The Hall–Kier alpha value is -1.10. The van der Waals surface area contributed by atoms with Crippen LogP contribution < -0.4 is 10.6 Å². The lowest BCUT2D eigenvalue weighted by molar-refractivity contribution is -0.117. The number of carbonyl (C=O) groups is 1. The van der Waals surface area contributed by atoms with E-state index in [2.05, 4.69) is 15.5 Å². The first-order valence-corrected chi connectivity index (χ1v) is 6.98. The number of nitrogens with one attached hydrogen (secondary N) is 2. The first kappa shape index (κ1) is 17.0. The fourth-order valence-electron chi connectivity index (χ4n) is 2.55. The highest BCUT2D eigenvalue weighted by atomic mass is 35.5. The first-order valence-electron chi connectivity index (χ1n) is 6.98. The maximum atomic E-state index is 11.9. The van der Waals surface area contributed by atoms with Gasteiger partial charge in [0.2, 0.25) is 5.91 Å². The molecule has 112 valence electrons. The van der Waals surface area contributed by atoms with Crippen LogP contribution >= 0.6 is 12.4 Å². The van der Waals surface area contributed by atoms with Crippen molar-refractivity contribution in [2.24, 2.45) is 5.92 Å². The molecule has 1 aliphatic rings. The molecule has 0 spiro atoms. The van der Waals surface area contributed by atoms with E-state index in [4.69, 9.17) is 0 Å². The number of hydrogen-bond acceptors (Lipinski definition) is 3.